The SMILES string of the molecule is O=C1c2ccc(F)cc2O[C@@H](CCl)CN1Cc1ccccc1. The topological polar surface area (TPSA) is 29.5 Å². The molecule has 0 saturated carbocycles. The second-order valence-corrected chi connectivity index (χ2v) is 5.51. The molecule has 2 aromatic carbocycles. The van der Waals surface area contributed by atoms with E-state index in [9.17, 15) is 9.18 Å². The summed E-state index contributed by atoms with van der Waals surface area (Å²) in [5.74, 6) is -0.122. The molecular weight excluding hydrogens is 305 g/mol. The summed E-state index contributed by atoms with van der Waals surface area (Å²) in [6, 6.07) is 13.7. The van der Waals surface area contributed by atoms with E-state index in [1.807, 2.05) is 30.3 Å². The average Bonchev–Trinajstić information content (AvgIpc) is 2.65. The number of hydrogen-bond acceptors (Lipinski definition) is 2. The number of nitrogens with zero attached hydrogens (tertiary/aromatic N) is 1. The van der Waals surface area contributed by atoms with Gasteiger partial charge in [-0.1, -0.05) is 30.3 Å². The van der Waals surface area contributed by atoms with Gasteiger partial charge in [0.25, 0.3) is 5.91 Å². The van der Waals surface area contributed by atoms with Gasteiger partial charge in [-0.05, 0) is 17.7 Å². The van der Waals surface area contributed by atoms with Gasteiger partial charge in [-0.2, -0.15) is 0 Å². The summed E-state index contributed by atoms with van der Waals surface area (Å²) in [7, 11) is 0. The molecule has 0 N–H and O–H groups in total. The maximum atomic E-state index is 13.4. The van der Waals surface area contributed by atoms with Crippen molar-refractivity contribution in [2.24, 2.45) is 0 Å². The van der Waals surface area contributed by atoms with Crippen LogP contribution >= 0.6 is 11.6 Å². The normalized spacial score (nSPS) is 17.6. The van der Waals surface area contributed by atoms with Crippen LogP contribution < -0.4 is 4.74 Å². The first-order valence-corrected chi connectivity index (χ1v) is 7.56. The predicted molar refractivity (Wildman–Crippen MR) is 82.7 cm³/mol. The molecule has 0 unspecified atom stereocenters. The third kappa shape index (κ3) is 3.07. The highest BCUT2D eigenvalue weighted by atomic mass is 35.5. The van der Waals surface area contributed by atoms with Crippen molar-refractivity contribution in [3.8, 4) is 5.75 Å². The minimum Gasteiger partial charge on any atom is -0.486 e. The van der Waals surface area contributed by atoms with E-state index in [0.717, 1.165) is 5.56 Å². The van der Waals surface area contributed by atoms with E-state index in [4.69, 9.17) is 16.3 Å². The van der Waals surface area contributed by atoms with E-state index in [0.29, 0.717) is 18.7 Å². The molecule has 0 fully saturated rings. The Hall–Kier alpha value is -2.07. The maximum Gasteiger partial charge on any atom is 0.258 e. The quantitative estimate of drug-likeness (QED) is 0.811. The lowest BCUT2D eigenvalue weighted by atomic mass is 10.1. The van der Waals surface area contributed by atoms with Crippen LogP contribution in [0.25, 0.3) is 0 Å². The Kier molecular flexibility index (Phi) is 4.29. The summed E-state index contributed by atoms with van der Waals surface area (Å²) < 4.78 is 19.1. The molecule has 114 valence electrons. The third-order valence-electron chi connectivity index (χ3n) is 3.57. The molecule has 3 nitrogen and oxygen atoms in total. The van der Waals surface area contributed by atoms with Crippen LogP contribution in [0.4, 0.5) is 4.39 Å². The number of carbonyl (C=O) groups is 1. The molecule has 0 radical (unpaired) electrons. The van der Waals surface area contributed by atoms with Gasteiger partial charge in [0.15, 0.2) is 0 Å². The molecule has 5 heteroatoms. The van der Waals surface area contributed by atoms with Gasteiger partial charge < -0.3 is 9.64 Å². The van der Waals surface area contributed by atoms with Crippen molar-refractivity contribution in [2.75, 3.05) is 12.4 Å². The van der Waals surface area contributed by atoms with Crippen LogP contribution in [0.1, 0.15) is 15.9 Å². The predicted octanol–water partition coefficient (Wildman–Crippen LogP) is 3.47. The summed E-state index contributed by atoms with van der Waals surface area (Å²) in [5.41, 5.74) is 1.39. The van der Waals surface area contributed by atoms with Crippen LogP contribution in [-0.2, 0) is 6.54 Å². The van der Waals surface area contributed by atoms with Gasteiger partial charge in [-0.15, -0.1) is 11.6 Å². The largest absolute Gasteiger partial charge is 0.486 e. The molecule has 2 aromatic rings. The summed E-state index contributed by atoms with van der Waals surface area (Å²) in [4.78, 5) is 14.4. The molecule has 0 bridgehead atoms. The van der Waals surface area contributed by atoms with Gasteiger partial charge in [-0.25, -0.2) is 4.39 Å². The molecule has 0 saturated heterocycles. The first-order chi connectivity index (χ1) is 10.7. The van der Waals surface area contributed by atoms with Gasteiger partial charge in [-0.3, -0.25) is 4.79 Å². The van der Waals surface area contributed by atoms with Gasteiger partial charge in [0, 0.05) is 12.6 Å². The highest BCUT2D eigenvalue weighted by Crippen LogP contribution is 2.27. The van der Waals surface area contributed by atoms with E-state index in [2.05, 4.69) is 0 Å². The molecule has 1 aliphatic heterocycles. The smallest absolute Gasteiger partial charge is 0.258 e. The zero-order valence-electron chi connectivity index (χ0n) is 11.8. The summed E-state index contributed by atoms with van der Waals surface area (Å²) in [6.45, 7) is 0.834. The maximum absolute atomic E-state index is 13.4. The minimum absolute atomic E-state index is 0.175. The van der Waals surface area contributed by atoms with Crippen LogP contribution in [0, 0.1) is 5.82 Å². The Labute approximate surface area is 133 Å². The van der Waals surface area contributed by atoms with Gasteiger partial charge in [0.05, 0.1) is 18.0 Å². The first-order valence-electron chi connectivity index (χ1n) is 7.03. The lowest BCUT2D eigenvalue weighted by Crippen LogP contribution is -2.37. The molecule has 0 spiro atoms. The fourth-order valence-electron chi connectivity index (χ4n) is 2.51. The standard InChI is InChI=1S/C17H15ClFNO2/c18-9-14-11-20(10-12-4-2-1-3-5-12)17(21)15-7-6-13(19)8-16(15)22-14/h1-8,14H,9-11H2/t14-/m0/s1. The number of halogens is 2. The second-order valence-electron chi connectivity index (χ2n) is 5.21. The van der Waals surface area contributed by atoms with Crippen molar-refractivity contribution < 1.29 is 13.9 Å². The number of amides is 1. The van der Waals surface area contributed by atoms with Crippen molar-refractivity contribution in [3.05, 3.63) is 65.5 Å². The van der Waals surface area contributed by atoms with Crippen LogP contribution in [0.5, 0.6) is 5.75 Å². The van der Waals surface area contributed by atoms with Crippen LogP contribution in [-0.4, -0.2) is 29.3 Å². The summed E-state index contributed by atoms with van der Waals surface area (Å²) in [5, 5.41) is 0. The van der Waals surface area contributed by atoms with Gasteiger partial charge >= 0.3 is 0 Å². The van der Waals surface area contributed by atoms with Gasteiger partial charge in [0.1, 0.15) is 17.7 Å². The van der Waals surface area contributed by atoms with Gasteiger partial charge in [0.2, 0.25) is 0 Å². The number of rotatable bonds is 3. The number of alkyl halides is 1. The van der Waals surface area contributed by atoms with E-state index in [-0.39, 0.29) is 23.6 Å². The van der Waals surface area contributed by atoms with E-state index >= 15 is 0 Å². The summed E-state index contributed by atoms with van der Waals surface area (Å²) in [6.07, 6.45) is -0.364. The average molecular weight is 320 g/mol. The van der Waals surface area contributed by atoms with Crippen molar-refractivity contribution in [1.29, 1.82) is 0 Å². The molecule has 1 heterocycles. The number of benzene rings is 2. The number of ether oxygens (including phenoxy) is 1. The number of carbonyl (C=O) groups excluding carboxylic acids is 1. The van der Waals surface area contributed by atoms with Crippen LogP contribution in [0.2, 0.25) is 0 Å². The van der Waals surface area contributed by atoms with Crippen molar-refractivity contribution in [3.63, 3.8) is 0 Å². The van der Waals surface area contributed by atoms with Crippen LogP contribution in [0.3, 0.4) is 0 Å². The lowest BCUT2D eigenvalue weighted by Gasteiger charge is -2.23. The molecule has 3 rings (SSSR count). The number of fused-ring (bicyclic) bond motifs is 1. The molecule has 0 aliphatic carbocycles. The van der Waals surface area contributed by atoms with E-state index in [1.54, 1.807) is 4.90 Å². The highest BCUT2D eigenvalue weighted by Gasteiger charge is 2.28. The molecule has 1 amide bonds. The van der Waals surface area contributed by atoms with Crippen molar-refractivity contribution in [1.82, 2.24) is 4.90 Å². The molecule has 1 aliphatic rings. The highest BCUT2D eigenvalue weighted by molar-refractivity contribution is 6.18. The zero-order chi connectivity index (χ0) is 15.5. The lowest BCUT2D eigenvalue weighted by molar-refractivity contribution is 0.0709. The van der Waals surface area contributed by atoms with Crippen molar-refractivity contribution in [2.45, 2.75) is 12.6 Å². The monoisotopic (exact) mass is 319 g/mol. The Morgan fingerprint density at radius 1 is 1.23 bits per heavy atom. The first kappa shape index (κ1) is 14.9. The Morgan fingerprint density at radius 2 is 2.00 bits per heavy atom. The van der Waals surface area contributed by atoms with Crippen LogP contribution in [0.15, 0.2) is 48.5 Å². The molecule has 22 heavy (non-hydrogen) atoms. The third-order valence-corrected chi connectivity index (χ3v) is 3.91. The Balaban J connectivity index is 1.93. The second kappa shape index (κ2) is 6.36. The Bertz CT molecular complexity index is 678. The fourth-order valence-corrected chi connectivity index (χ4v) is 2.67. The molecule has 1 atom stereocenters. The minimum atomic E-state index is -0.434. The fraction of sp³-hybridized carbons (Fsp3) is 0.235. The number of hydrogen-bond donors (Lipinski definition) is 0. The Morgan fingerprint density at radius 3 is 2.73 bits per heavy atom. The van der Waals surface area contributed by atoms with E-state index in [1.165, 1.54) is 18.2 Å². The molecular formula is C17H15ClFNO2. The van der Waals surface area contributed by atoms with Crippen molar-refractivity contribution >= 4 is 17.5 Å². The zero-order valence-corrected chi connectivity index (χ0v) is 12.6. The molecule has 0 aromatic heterocycles. The van der Waals surface area contributed by atoms with E-state index < -0.39 is 5.82 Å². The summed E-state index contributed by atoms with van der Waals surface area (Å²) >= 11 is 5.92.